The van der Waals surface area contributed by atoms with Crippen molar-refractivity contribution in [2.24, 2.45) is 0 Å². The Morgan fingerprint density at radius 3 is 2.67 bits per heavy atom. The number of hydrogen-bond donors (Lipinski definition) is 1. The van der Waals surface area contributed by atoms with Gasteiger partial charge in [-0.15, -0.1) is 11.3 Å². The lowest BCUT2D eigenvalue weighted by Crippen LogP contribution is -2.12. The maximum absolute atomic E-state index is 10.7. The molecule has 0 fully saturated rings. The van der Waals surface area contributed by atoms with Gasteiger partial charge in [-0.25, -0.2) is 4.98 Å². The summed E-state index contributed by atoms with van der Waals surface area (Å²) < 4.78 is 0. The molecular weight excluding hydrogens is 212 g/mol. The molecule has 1 rings (SSSR count). The first-order chi connectivity index (χ1) is 7.02. The van der Waals surface area contributed by atoms with Crippen molar-refractivity contribution in [2.45, 2.75) is 26.3 Å². The second-order valence-corrected chi connectivity index (χ2v) is 4.81. The summed E-state index contributed by atoms with van der Waals surface area (Å²) in [7, 11) is 3.94. The van der Waals surface area contributed by atoms with Gasteiger partial charge in [0, 0.05) is 11.4 Å². The largest absolute Gasteiger partial charge is 0.481 e. The van der Waals surface area contributed by atoms with E-state index in [1.54, 1.807) is 11.3 Å². The number of carbonyl (C=O) groups is 1. The van der Waals surface area contributed by atoms with Crippen molar-refractivity contribution in [3.05, 3.63) is 15.6 Å². The quantitative estimate of drug-likeness (QED) is 0.827. The van der Waals surface area contributed by atoms with Crippen LogP contribution in [0.25, 0.3) is 0 Å². The number of carboxylic acids is 1. The third kappa shape index (κ3) is 3.60. The maximum Gasteiger partial charge on any atom is 0.309 e. The van der Waals surface area contributed by atoms with Gasteiger partial charge in [-0.05, 0) is 20.5 Å². The fourth-order valence-electron chi connectivity index (χ4n) is 1.28. The van der Waals surface area contributed by atoms with Gasteiger partial charge in [-0.1, -0.05) is 6.92 Å². The molecule has 0 amide bonds. The fourth-order valence-corrected chi connectivity index (χ4v) is 2.42. The average Bonchev–Trinajstić information content (AvgIpc) is 2.46. The molecule has 0 spiro atoms. The Labute approximate surface area is 93.6 Å². The van der Waals surface area contributed by atoms with Crippen molar-refractivity contribution in [3.8, 4) is 0 Å². The number of carboxylic acid groups (broad SMARTS) is 1. The lowest BCUT2D eigenvalue weighted by atomic mass is 10.2. The van der Waals surface area contributed by atoms with Crippen LogP contribution in [0.15, 0.2) is 0 Å². The van der Waals surface area contributed by atoms with E-state index in [-0.39, 0.29) is 6.42 Å². The highest BCUT2D eigenvalue weighted by Crippen LogP contribution is 2.20. The van der Waals surface area contributed by atoms with E-state index in [1.807, 2.05) is 25.9 Å². The molecule has 15 heavy (non-hydrogen) atoms. The Hall–Kier alpha value is -0.940. The summed E-state index contributed by atoms with van der Waals surface area (Å²) in [5.41, 5.74) is 0.720. The molecule has 0 aromatic carbocycles. The number of aromatic nitrogens is 1. The van der Waals surface area contributed by atoms with E-state index in [1.165, 1.54) is 0 Å². The first-order valence-corrected chi connectivity index (χ1v) is 5.68. The molecule has 1 N–H and O–H groups in total. The molecule has 0 unspecified atom stereocenters. The third-order valence-electron chi connectivity index (χ3n) is 1.90. The zero-order valence-corrected chi connectivity index (χ0v) is 10.1. The van der Waals surface area contributed by atoms with Crippen LogP contribution >= 0.6 is 11.3 Å². The Morgan fingerprint density at radius 2 is 2.20 bits per heavy atom. The van der Waals surface area contributed by atoms with E-state index < -0.39 is 5.97 Å². The summed E-state index contributed by atoms with van der Waals surface area (Å²) in [4.78, 5) is 18.1. The summed E-state index contributed by atoms with van der Waals surface area (Å²) in [6, 6.07) is 0. The fraction of sp³-hybridized carbons (Fsp3) is 0.600. The van der Waals surface area contributed by atoms with Crippen LogP contribution < -0.4 is 0 Å². The van der Waals surface area contributed by atoms with Crippen LogP contribution in [0.5, 0.6) is 0 Å². The second kappa shape index (κ2) is 5.23. The molecule has 0 saturated carbocycles. The molecule has 0 bridgehead atoms. The van der Waals surface area contributed by atoms with Gasteiger partial charge in [-0.2, -0.15) is 0 Å². The van der Waals surface area contributed by atoms with Crippen LogP contribution in [0.2, 0.25) is 0 Å². The summed E-state index contributed by atoms with van der Waals surface area (Å²) in [5, 5.41) is 9.78. The lowest BCUT2D eigenvalue weighted by Gasteiger charge is -2.07. The van der Waals surface area contributed by atoms with Crippen molar-refractivity contribution in [3.63, 3.8) is 0 Å². The summed E-state index contributed by atoms with van der Waals surface area (Å²) in [5.74, 6) is -0.817. The van der Waals surface area contributed by atoms with E-state index in [9.17, 15) is 4.79 Å². The van der Waals surface area contributed by atoms with E-state index in [4.69, 9.17) is 5.11 Å². The first-order valence-electron chi connectivity index (χ1n) is 4.87. The Kier molecular flexibility index (Phi) is 4.23. The van der Waals surface area contributed by atoms with Crippen LogP contribution in [0.1, 0.15) is 22.5 Å². The van der Waals surface area contributed by atoms with Gasteiger partial charge in [0.05, 0.1) is 17.1 Å². The number of hydrogen-bond acceptors (Lipinski definition) is 4. The van der Waals surface area contributed by atoms with E-state index in [0.717, 1.165) is 28.5 Å². The molecule has 0 atom stereocenters. The van der Waals surface area contributed by atoms with Gasteiger partial charge in [0.25, 0.3) is 0 Å². The standard InChI is InChI=1S/C10H16N2O2S/c1-4-9-11-7(5-10(13)14)8(15-9)6-12(2)3/h4-6H2,1-3H3,(H,13,14). The highest BCUT2D eigenvalue weighted by molar-refractivity contribution is 7.11. The number of rotatable bonds is 5. The van der Waals surface area contributed by atoms with Gasteiger partial charge in [0.15, 0.2) is 0 Å². The SMILES string of the molecule is CCc1nc(CC(=O)O)c(CN(C)C)s1. The summed E-state index contributed by atoms with van der Waals surface area (Å²) in [6.45, 7) is 2.79. The van der Waals surface area contributed by atoms with E-state index >= 15 is 0 Å². The van der Waals surface area contributed by atoms with Crippen molar-refractivity contribution in [1.29, 1.82) is 0 Å². The Morgan fingerprint density at radius 1 is 1.53 bits per heavy atom. The molecule has 0 aliphatic rings. The van der Waals surface area contributed by atoms with Crippen LogP contribution in [0.3, 0.4) is 0 Å². The predicted molar refractivity (Wildman–Crippen MR) is 60.2 cm³/mol. The second-order valence-electron chi connectivity index (χ2n) is 3.64. The molecular formula is C10H16N2O2S. The van der Waals surface area contributed by atoms with Crippen molar-refractivity contribution in [2.75, 3.05) is 14.1 Å². The maximum atomic E-state index is 10.7. The smallest absolute Gasteiger partial charge is 0.309 e. The third-order valence-corrected chi connectivity index (χ3v) is 3.13. The number of aryl methyl sites for hydroxylation is 1. The zero-order valence-electron chi connectivity index (χ0n) is 9.28. The average molecular weight is 228 g/mol. The first kappa shape index (κ1) is 12.1. The van der Waals surface area contributed by atoms with Crippen LogP contribution in [0, 0.1) is 0 Å². The highest BCUT2D eigenvalue weighted by Gasteiger charge is 2.13. The topological polar surface area (TPSA) is 53.4 Å². The van der Waals surface area contributed by atoms with Gasteiger partial charge >= 0.3 is 5.97 Å². The van der Waals surface area contributed by atoms with Crippen molar-refractivity contribution >= 4 is 17.3 Å². The lowest BCUT2D eigenvalue weighted by molar-refractivity contribution is -0.136. The van der Waals surface area contributed by atoms with Crippen molar-refractivity contribution in [1.82, 2.24) is 9.88 Å². The van der Waals surface area contributed by atoms with Crippen LogP contribution in [0.4, 0.5) is 0 Å². The Balaban J connectivity index is 2.89. The molecule has 0 radical (unpaired) electrons. The van der Waals surface area contributed by atoms with Crippen LogP contribution in [-0.4, -0.2) is 35.1 Å². The monoisotopic (exact) mass is 228 g/mol. The van der Waals surface area contributed by atoms with Gasteiger partial charge in [-0.3, -0.25) is 4.79 Å². The van der Waals surface area contributed by atoms with E-state index in [0.29, 0.717) is 0 Å². The molecule has 0 aliphatic heterocycles. The molecule has 1 heterocycles. The minimum atomic E-state index is -0.817. The molecule has 0 aliphatic carbocycles. The minimum absolute atomic E-state index is 0.0275. The molecule has 1 aromatic rings. The molecule has 84 valence electrons. The highest BCUT2D eigenvalue weighted by atomic mass is 32.1. The van der Waals surface area contributed by atoms with Gasteiger partial charge < -0.3 is 10.0 Å². The number of nitrogens with zero attached hydrogens (tertiary/aromatic N) is 2. The van der Waals surface area contributed by atoms with Crippen LogP contribution in [-0.2, 0) is 24.2 Å². The van der Waals surface area contributed by atoms with Gasteiger partial charge in [0.1, 0.15) is 0 Å². The molecule has 1 aromatic heterocycles. The molecule has 5 heteroatoms. The normalized spacial score (nSPS) is 10.9. The van der Waals surface area contributed by atoms with Crippen molar-refractivity contribution < 1.29 is 9.90 Å². The predicted octanol–water partition coefficient (Wildman–Crippen LogP) is 1.39. The molecule has 4 nitrogen and oxygen atoms in total. The zero-order chi connectivity index (χ0) is 11.4. The summed E-state index contributed by atoms with van der Waals surface area (Å²) in [6.07, 6.45) is 0.893. The summed E-state index contributed by atoms with van der Waals surface area (Å²) >= 11 is 1.61. The van der Waals surface area contributed by atoms with E-state index in [2.05, 4.69) is 4.98 Å². The van der Waals surface area contributed by atoms with Gasteiger partial charge in [0.2, 0.25) is 0 Å². The molecule has 0 saturated heterocycles. The Bertz CT molecular complexity index is 347. The minimum Gasteiger partial charge on any atom is -0.481 e. The number of aliphatic carboxylic acids is 1. The number of thiazole rings is 1.